The van der Waals surface area contributed by atoms with Crippen LogP contribution in [0.2, 0.25) is 0 Å². The molecule has 0 fully saturated rings. The van der Waals surface area contributed by atoms with E-state index in [1.165, 1.54) is 6.07 Å². The van der Waals surface area contributed by atoms with Crippen molar-refractivity contribution in [2.75, 3.05) is 5.32 Å². The fourth-order valence-corrected chi connectivity index (χ4v) is 3.35. The molecule has 0 aliphatic carbocycles. The van der Waals surface area contributed by atoms with Gasteiger partial charge in [0, 0.05) is 24.9 Å². The average Bonchev–Trinajstić information content (AvgIpc) is 3.36. The molecule has 0 saturated carbocycles. The lowest BCUT2D eigenvalue weighted by Crippen LogP contribution is -2.03. The Kier molecular flexibility index (Phi) is 4.62. The Morgan fingerprint density at radius 1 is 1.03 bits per heavy atom. The molecule has 5 rings (SSSR count). The smallest absolute Gasteiger partial charge is 0.228 e. The maximum Gasteiger partial charge on any atom is 0.228 e. The molecule has 0 aliphatic heterocycles. The van der Waals surface area contributed by atoms with E-state index in [2.05, 4.69) is 30.7 Å². The molecule has 0 saturated heterocycles. The molecule has 0 spiro atoms. The fourth-order valence-electron chi connectivity index (χ4n) is 3.35. The Balaban J connectivity index is 1.42. The van der Waals surface area contributed by atoms with Gasteiger partial charge in [-0.3, -0.25) is 4.68 Å². The summed E-state index contributed by atoms with van der Waals surface area (Å²) in [6.07, 6.45) is 3.41. The van der Waals surface area contributed by atoms with Gasteiger partial charge in [0.15, 0.2) is 0 Å². The highest BCUT2D eigenvalue weighted by atomic mass is 19.1. The summed E-state index contributed by atoms with van der Waals surface area (Å²) in [5.41, 5.74) is 4.73. The molecule has 0 radical (unpaired) electrons. The number of anilines is 2. The predicted molar refractivity (Wildman–Crippen MR) is 115 cm³/mol. The minimum Gasteiger partial charge on any atom is -0.309 e. The number of aryl methyl sites for hydroxylation is 2. The zero-order valence-electron chi connectivity index (χ0n) is 17.0. The molecule has 0 bridgehead atoms. The van der Waals surface area contributed by atoms with Gasteiger partial charge < -0.3 is 5.32 Å². The third kappa shape index (κ3) is 3.73. The number of fused-ring (bicyclic) bond motifs is 1. The van der Waals surface area contributed by atoms with E-state index < -0.39 is 0 Å². The summed E-state index contributed by atoms with van der Waals surface area (Å²) in [4.78, 5) is 8.88. The molecule has 3 heterocycles. The quantitative estimate of drug-likeness (QED) is 0.470. The number of hydrogen-bond donors (Lipinski definition) is 1. The van der Waals surface area contributed by atoms with E-state index >= 15 is 0 Å². The fraction of sp³-hybridized carbons (Fsp3) is 0.136. The van der Waals surface area contributed by atoms with Crippen LogP contribution in [0, 0.1) is 12.7 Å². The van der Waals surface area contributed by atoms with E-state index in [-0.39, 0.29) is 5.82 Å². The first kappa shape index (κ1) is 18.9. The van der Waals surface area contributed by atoms with Gasteiger partial charge in [-0.05, 0) is 42.3 Å². The molecular weight excluding hydrogens is 395 g/mol. The molecule has 8 nitrogen and oxygen atoms in total. The van der Waals surface area contributed by atoms with Crippen LogP contribution in [0.1, 0.15) is 11.1 Å². The first-order chi connectivity index (χ1) is 15.1. The summed E-state index contributed by atoms with van der Waals surface area (Å²) < 4.78 is 17.3. The molecular formula is C22H19FN8. The summed E-state index contributed by atoms with van der Waals surface area (Å²) in [6.45, 7) is 2.19. The van der Waals surface area contributed by atoms with Crippen LogP contribution in [-0.2, 0) is 13.6 Å². The van der Waals surface area contributed by atoms with Crippen LogP contribution in [0.4, 0.5) is 16.2 Å². The van der Waals surface area contributed by atoms with Gasteiger partial charge in [-0.15, -0.1) is 5.10 Å². The van der Waals surface area contributed by atoms with E-state index in [1.54, 1.807) is 34.7 Å². The number of benzene rings is 2. The molecule has 1 N–H and O–H groups in total. The maximum atomic E-state index is 13.9. The second-order valence-corrected chi connectivity index (χ2v) is 7.26. The van der Waals surface area contributed by atoms with E-state index in [9.17, 15) is 4.39 Å². The lowest BCUT2D eigenvalue weighted by atomic mass is 10.1. The van der Waals surface area contributed by atoms with Crippen LogP contribution in [-0.4, -0.2) is 34.7 Å². The molecule has 0 unspecified atom stereocenters. The number of hydrogen-bond acceptors (Lipinski definition) is 6. The van der Waals surface area contributed by atoms with Crippen molar-refractivity contribution in [2.24, 2.45) is 7.05 Å². The van der Waals surface area contributed by atoms with Gasteiger partial charge in [-0.1, -0.05) is 23.4 Å². The van der Waals surface area contributed by atoms with Gasteiger partial charge in [0.1, 0.15) is 17.2 Å². The predicted octanol–water partition coefficient (Wildman–Crippen LogP) is 3.86. The van der Waals surface area contributed by atoms with Crippen molar-refractivity contribution in [2.45, 2.75) is 13.5 Å². The second kappa shape index (κ2) is 7.60. The standard InChI is InChI=1S/C22H19FN8/c1-14-3-4-15(11-17(14)23)13-31-20-6-5-16(12-19(20)28-29-31)18-7-9-24-22(26-18)27-21-8-10-25-30(21)2/h3-12H,13H2,1-2H3,(H,24,26,27). The topological polar surface area (TPSA) is 86.3 Å². The third-order valence-corrected chi connectivity index (χ3v) is 5.09. The van der Waals surface area contributed by atoms with Crippen LogP contribution in [0.15, 0.2) is 60.9 Å². The Hall–Kier alpha value is -4.14. The summed E-state index contributed by atoms with van der Waals surface area (Å²) >= 11 is 0. The highest BCUT2D eigenvalue weighted by Crippen LogP contribution is 2.23. The normalized spacial score (nSPS) is 11.2. The Morgan fingerprint density at radius 2 is 1.94 bits per heavy atom. The molecule has 2 aromatic carbocycles. The van der Waals surface area contributed by atoms with Gasteiger partial charge in [0.2, 0.25) is 5.95 Å². The zero-order valence-corrected chi connectivity index (χ0v) is 17.0. The first-order valence-corrected chi connectivity index (χ1v) is 9.73. The number of aromatic nitrogens is 7. The Morgan fingerprint density at radius 3 is 2.74 bits per heavy atom. The van der Waals surface area contributed by atoms with Gasteiger partial charge in [0.05, 0.1) is 24.0 Å². The van der Waals surface area contributed by atoms with Crippen LogP contribution < -0.4 is 5.32 Å². The number of nitrogens with zero attached hydrogens (tertiary/aromatic N) is 7. The van der Waals surface area contributed by atoms with E-state index in [1.807, 2.05) is 43.4 Å². The van der Waals surface area contributed by atoms with Crippen molar-refractivity contribution >= 4 is 22.8 Å². The lowest BCUT2D eigenvalue weighted by Gasteiger charge is -2.07. The molecule has 0 amide bonds. The number of rotatable bonds is 5. The van der Waals surface area contributed by atoms with Crippen molar-refractivity contribution in [3.05, 3.63) is 77.9 Å². The van der Waals surface area contributed by atoms with Crippen molar-refractivity contribution in [3.63, 3.8) is 0 Å². The minimum atomic E-state index is -0.219. The Labute approximate surface area is 177 Å². The maximum absolute atomic E-state index is 13.9. The lowest BCUT2D eigenvalue weighted by molar-refractivity contribution is 0.609. The number of nitrogens with one attached hydrogen (secondary N) is 1. The average molecular weight is 414 g/mol. The SMILES string of the molecule is Cc1ccc(Cn2nnc3cc(-c4ccnc(Nc5ccnn5C)n4)ccc32)cc1F. The summed E-state index contributed by atoms with van der Waals surface area (Å²) in [7, 11) is 1.84. The molecule has 9 heteroatoms. The summed E-state index contributed by atoms with van der Waals surface area (Å²) in [5, 5.41) is 15.8. The highest BCUT2D eigenvalue weighted by molar-refractivity contribution is 5.80. The third-order valence-electron chi connectivity index (χ3n) is 5.09. The molecule has 0 aliphatic rings. The van der Waals surface area contributed by atoms with Gasteiger partial charge >= 0.3 is 0 Å². The molecule has 3 aromatic heterocycles. The minimum absolute atomic E-state index is 0.219. The molecule has 5 aromatic rings. The highest BCUT2D eigenvalue weighted by Gasteiger charge is 2.10. The molecule has 154 valence electrons. The Bertz CT molecular complexity index is 1390. The number of halogens is 1. The largest absolute Gasteiger partial charge is 0.309 e. The van der Waals surface area contributed by atoms with Crippen molar-refractivity contribution in [3.8, 4) is 11.3 Å². The van der Waals surface area contributed by atoms with E-state index in [0.29, 0.717) is 18.1 Å². The van der Waals surface area contributed by atoms with Crippen LogP contribution in [0.25, 0.3) is 22.3 Å². The van der Waals surface area contributed by atoms with Crippen LogP contribution >= 0.6 is 0 Å². The van der Waals surface area contributed by atoms with Gasteiger partial charge in [0.25, 0.3) is 0 Å². The van der Waals surface area contributed by atoms with Gasteiger partial charge in [-0.2, -0.15) is 5.10 Å². The monoisotopic (exact) mass is 414 g/mol. The summed E-state index contributed by atoms with van der Waals surface area (Å²) in [5.74, 6) is 1.05. The van der Waals surface area contributed by atoms with Crippen molar-refractivity contribution < 1.29 is 4.39 Å². The second-order valence-electron chi connectivity index (χ2n) is 7.26. The van der Waals surface area contributed by atoms with Crippen molar-refractivity contribution in [1.82, 2.24) is 34.7 Å². The van der Waals surface area contributed by atoms with Crippen LogP contribution in [0.5, 0.6) is 0 Å². The molecule has 31 heavy (non-hydrogen) atoms. The summed E-state index contributed by atoms with van der Waals surface area (Å²) in [6, 6.07) is 14.8. The van der Waals surface area contributed by atoms with Gasteiger partial charge in [-0.25, -0.2) is 19.0 Å². The zero-order chi connectivity index (χ0) is 21.4. The molecule has 0 atom stereocenters. The van der Waals surface area contributed by atoms with E-state index in [0.717, 1.165) is 33.7 Å². The van der Waals surface area contributed by atoms with Crippen molar-refractivity contribution in [1.29, 1.82) is 0 Å². The first-order valence-electron chi connectivity index (χ1n) is 9.73. The van der Waals surface area contributed by atoms with Crippen LogP contribution in [0.3, 0.4) is 0 Å². The van der Waals surface area contributed by atoms with E-state index in [4.69, 9.17) is 0 Å².